The fourth-order valence-electron chi connectivity index (χ4n) is 2.39. The molecule has 0 aromatic carbocycles. The van der Waals surface area contributed by atoms with Crippen LogP contribution in [0, 0.1) is 20.8 Å². The highest BCUT2D eigenvalue weighted by Gasteiger charge is 2.30. The van der Waals surface area contributed by atoms with Crippen LogP contribution in [0.15, 0.2) is 10.0 Å². The first-order valence-corrected chi connectivity index (χ1v) is 7.54. The summed E-state index contributed by atoms with van der Waals surface area (Å²) in [6.07, 6.45) is 0.778. The molecule has 114 valence electrons. The number of carboxylic acids is 1. The zero-order chi connectivity index (χ0) is 15.6. The zero-order valence-corrected chi connectivity index (χ0v) is 13.4. The zero-order valence-electron chi connectivity index (χ0n) is 12.6. The normalized spacial score (nSPS) is 12.8. The molecule has 2 heterocycles. The van der Waals surface area contributed by atoms with Gasteiger partial charge in [-0.3, -0.25) is 9.69 Å². The quantitative estimate of drug-likeness (QED) is 0.882. The summed E-state index contributed by atoms with van der Waals surface area (Å²) in [5.74, 6) is -0.339. The van der Waals surface area contributed by atoms with E-state index in [2.05, 4.69) is 10.1 Å². The standard InChI is InChI=1S/C14H19N3O3S/c1-8-11(21-7-15-8)5-6-17(4)13(14(18)19)12-9(2)16-20-10(12)3/h7,13H,5-6H2,1-4H3,(H,18,19)/t13-/m0/s1. The minimum atomic E-state index is -0.895. The lowest BCUT2D eigenvalue weighted by molar-refractivity contribution is -0.143. The molecule has 0 aliphatic rings. The van der Waals surface area contributed by atoms with Crippen molar-refractivity contribution >= 4 is 17.3 Å². The summed E-state index contributed by atoms with van der Waals surface area (Å²) in [4.78, 5) is 18.9. The van der Waals surface area contributed by atoms with Crippen LogP contribution in [0.5, 0.6) is 0 Å². The molecule has 0 aliphatic heterocycles. The van der Waals surface area contributed by atoms with Gasteiger partial charge >= 0.3 is 5.97 Å². The van der Waals surface area contributed by atoms with Crippen molar-refractivity contribution < 1.29 is 14.4 Å². The molecule has 0 saturated carbocycles. The van der Waals surface area contributed by atoms with Crippen LogP contribution in [0.3, 0.4) is 0 Å². The van der Waals surface area contributed by atoms with Crippen LogP contribution in [-0.4, -0.2) is 39.7 Å². The monoisotopic (exact) mass is 309 g/mol. The summed E-state index contributed by atoms with van der Waals surface area (Å²) < 4.78 is 5.10. The van der Waals surface area contributed by atoms with Crippen LogP contribution >= 0.6 is 11.3 Å². The molecule has 21 heavy (non-hydrogen) atoms. The second-order valence-electron chi connectivity index (χ2n) is 5.07. The molecular formula is C14H19N3O3S. The maximum atomic E-state index is 11.7. The number of rotatable bonds is 6. The smallest absolute Gasteiger partial charge is 0.325 e. The number of nitrogens with zero attached hydrogens (tertiary/aromatic N) is 3. The van der Waals surface area contributed by atoms with E-state index in [1.54, 1.807) is 32.2 Å². The molecule has 2 aromatic heterocycles. The van der Waals surface area contributed by atoms with Crippen molar-refractivity contribution in [2.45, 2.75) is 33.2 Å². The molecule has 0 spiro atoms. The third kappa shape index (κ3) is 3.30. The second-order valence-corrected chi connectivity index (χ2v) is 6.01. The predicted octanol–water partition coefficient (Wildman–Crippen LogP) is 2.36. The minimum absolute atomic E-state index is 0.556. The fourth-order valence-corrected chi connectivity index (χ4v) is 3.16. The first kappa shape index (κ1) is 15.7. The van der Waals surface area contributed by atoms with Crippen molar-refractivity contribution in [2.75, 3.05) is 13.6 Å². The minimum Gasteiger partial charge on any atom is -0.480 e. The van der Waals surface area contributed by atoms with Gasteiger partial charge in [-0.25, -0.2) is 4.98 Å². The van der Waals surface area contributed by atoms with Crippen LogP contribution in [0.1, 0.15) is 33.6 Å². The predicted molar refractivity (Wildman–Crippen MR) is 79.5 cm³/mol. The van der Waals surface area contributed by atoms with E-state index >= 15 is 0 Å². The SMILES string of the molecule is Cc1ncsc1CCN(C)[C@H](C(=O)O)c1c(C)noc1C. The average Bonchev–Trinajstić information content (AvgIpc) is 2.96. The molecule has 6 nitrogen and oxygen atoms in total. The number of thiazole rings is 1. The molecule has 0 unspecified atom stereocenters. The molecule has 2 aromatic rings. The second kappa shape index (κ2) is 6.36. The van der Waals surface area contributed by atoms with E-state index in [0.717, 1.165) is 12.1 Å². The van der Waals surface area contributed by atoms with Crippen LogP contribution in [-0.2, 0) is 11.2 Å². The average molecular weight is 309 g/mol. The van der Waals surface area contributed by atoms with Gasteiger partial charge in [0, 0.05) is 17.0 Å². The van der Waals surface area contributed by atoms with Crippen molar-refractivity contribution in [3.8, 4) is 0 Å². The van der Waals surface area contributed by atoms with Crippen molar-refractivity contribution in [3.63, 3.8) is 0 Å². The van der Waals surface area contributed by atoms with Crippen LogP contribution < -0.4 is 0 Å². The van der Waals surface area contributed by atoms with Gasteiger partial charge in [0.1, 0.15) is 11.8 Å². The number of likely N-dealkylation sites (N-methyl/N-ethyl adjacent to an activating group) is 1. The molecule has 0 bridgehead atoms. The molecule has 2 rings (SSSR count). The summed E-state index contributed by atoms with van der Waals surface area (Å²) in [5, 5.41) is 13.4. The maximum absolute atomic E-state index is 11.7. The Bertz CT molecular complexity index is 616. The van der Waals surface area contributed by atoms with Gasteiger partial charge in [-0.15, -0.1) is 11.3 Å². The fraction of sp³-hybridized carbons (Fsp3) is 0.500. The third-order valence-electron chi connectivity index (χ3n) is 3.57. The van der Waals surface area contributed by atoms with Crippen LogP contribution in [0.4, 0.5) is 0 Å². The van der Waals surface area contributed by atoms with E-state index in [9.17, 15) is 9.90 Å². The molecule has 0 fully saturated rings. The molecule has 1 N–H and O–H groups in total. The third-order valence-corrected chi connectivity index (χ3v) is 4.57. The van der Waals surface area contributed by atoms with Gasteiger partial charge in [-0.05, 0) is 34.2 Å². The van der Waals surface area contributed by atoms with Crippen LogP contribution in [0.2, 0.25) is 0 Å². The van der Waals surface area contributed by atoms with E-state index in [1.807, 2.05) is 17.3 Å². The van der Waals surface area contributed by atoms with E-state index in [4.69, 9.17) is 4.52 Å². The molecule has 1 atom stereocenters. The molecule has 7 heteroatoms. The van der Waals surface area contributed by atoms with E-state index in [1.165, 1.54) is 4.88 Å². The first-order chi connectivity index (χ1) is 9.91. The Morgan fingerprint density at radius 2 is 2.14 bits per heavy atom. The summed E-state index contributed by atoms with van der Waals surface area (Å²) in [7, 11) is 1.81. The number of aryl methyl sites for hydroxylation is 3. The van der Waals surface area contributed by atoms with Gasteiger partial charge in [-0.1, -0.05) is 5.16 Å². The van der Waals surface area contributed by atoms with Crippen molar-refractivity contribution in [3.05, 3.63) is 33.1 Å². The summed E-state index contributed by atoms with van der Waals surface area (Å²) in [6.45, 7) is 6.11. The van der Waals surface area contributed by atoms with Crippen molar-refractivity contribution in [1.82, 2.24) is 15.0 Å². The Morgan fingerprint density at radius 3 is 2.62 bits per heavy atom. The van der Waals surface area contributed by atoms with Gasteiger partial charge in [0.2, 0.25) is 0 Å². The largest absolute Gasteiger partial charge is 0.480 e. The molecule has 0 aliphatic carbocycles. The Labute approximate surface area is 127 Å². The molecule has 0 saturated heterocycles. The Balaban J connectivity index is 2.15. The summed E-state index contributed by atoms with van der Waals surface area (Å²) in [6, 6.07) is -0.746. The highest BCUT2D eigenvalue weighted by molar-refractivity contribution is 7.09. The van der Waals surface area contributed by atoms with Crippen molar-refractivity contribution in [2.24, 2.45) is 0 Å². The highest BCUT2D eigenvalue weighted by atomic mass is 32.1. The number of hydrogen-bond acceptors (Lipinski definition) is 6. The van der Waals surface area contributed by atoms with Gasteiger partial charge in [0.25, 0.3) is 0 Å². The first-order valence-electron chi connectivity index (χ1n) is 6.66. The lowest BCUT2D eigenvalue weighted by Crippen LogP contribution is -2.33. The number of carbonyl (C=O) groups is 1. The van der Waals surface area contributed by atoms with Crippen LogP contribution in [0.25, 0.3) is 0 Å². The molecule has 0 amide bonds. The summed E-state index contributed by atoms with van der Waals surface area (Å²) >= 11 is 1.60. The number of carboxylic acid groups (broad SMARTS) is 1. The number of hydrogen-bond donors (Lipinski definition) is 1. The Morgan fingerprint density at radius 1 is 1.43 bits per heavy atom. The lowest BCUT2D eigenvalue weighted by atomic mass is 10.0. The van der Waals surface area contributed by atoms with Gasteiger partial charge in [-0.2, -0.15) is 0 Å². The number of aliphatic carboxylic acids is 1. The van der Waals surface area contributed by atoms with Gasteiger partial charge in [0.15, 0.2) is 0 Å². The topological polar surface area (TPSA) is 79.5 Å². The number of aromatic nitrogens is 2. The summed E-state index contributed by atoms with van der Waals surface area (Å²) in [5.41, 5.74) is 4.09. The van der Waals surface area contributed by atoms with Gasteiger partial charge < -0.3 is 9.63 Å². The lowest BCUT2D eigenvalue weighted by Gasteiger charge is -2.24. The Hall–Kier alpha value is -1.73. The van der Waals surface area contributed by atoms with Gasteiger partial charge in [0.05, 0.1) is 16.9 Å². The van der Waals surface area contributed by atoms with E-state index in [-0.39, 0.29) is 0 Å². The highest BCUT2D eigenvalue weighted by Crippen LogP contribution is 2.27. The molecular weight excluding hydrogens is 290 g/mol. The van der Waals surface area contributed by atoms with E-state index < -0.39 is 12.0 Å². The maximum Gasteiger partial charge on any atom is 0.325 e. The molecule has 0 radical (unpaired) electrons. The van der Waals surface area contributed by atoms with E-state index in [0.29, 0.717) is 23.6 Å². The van der Waals surface area contributed by atoms with Crippen molar-refractivity contribution in [1.29, 1.82) is 0 Å². The Kier molecular flexibility index (Phi) is 4.74.